The monoisotopic (exact) mass is 261 g/mol. The summed E-state index contributed by atoms with van der Waals surface area (Å²) in [5, 5.41) is 2.86. The molecule has 5 nitrogen and oxygen atoms in total. The van der Waals surface area contributed by atoms with Crippen LogP contribution in [0.15, 0.2) is 18.2 Å². The van der Waals surface area contributed by atoms with E-state index in [2.05, 4.69) is 10.2 Å². The van der Waals surface area contributed by atoms with Crippen molar-refractivity contribution < 1.29 is 9.53 Å². The van der Waals surface area contributed by atoms with E-state index in [1.165, 1.54) is 0 Å². The minimum atomic E-state index is -0.435. The molecule has 5 heteroatoms. The zero-order valence-electron chi connectivity index (χ0n) is 11.3. The fourth-order valence-electron chi connectivity index (χ4n) is 2.32. The Hall–Kier alpha value is -1.75. The Bertz CT molecular complexity index is 525. The van der Waals surface area contributed by atoms with Crippen molar-refractivity contribution >= 4 is 17.3 Å². The predicted octanol–water partition coefficient (Wildman–Crippen LogP) is 1.33. The van der Waals surface area contributed by atoms with E-state index in [4.69, 9.17) is 10.5 Å². The van der Waals surface area contributed by atoms with Crippen LogP contribution in [-0.4, -0.2) is 31.1 Å². The van der Waals surface area contributed by atoms with Crippen LogP contribution in [0.5, 0.6) is 5.75 Å². The molecule has 0 bridgehead atoms. The summed E-state index contributed by atoms with van der Waals surface area (Å²) in [5.74, 6) is 0.614. The third kappa shape index (κ3) is 2.38. The highest BCUT2D eigenvalue weighted by Crippen LogP contribution is 2.36. The van der Waals surface area contributed by atoms with Gasteiger partial charge in [-0.3, -0.25) is 4.79 Å². The fourth-order valence-corrected chi connectivity index (χ4v) is 2.32. The lowest BCUT2D eigenvalue weighted by Gasteiger charge is -2.27. The summed E-state index contributed by atoms with van der Waals surface area (Å²) >= 11 is 0. The molecule has 1 aromatic rings. The molecular formula is C14H19N3O2. The number of nitrogens with two attached hydrogens (primary N) is 1. The normalized spacial score (nSPS) is 23.1. The van der Waals surface area contributed by atoms with Crippen LogP contribution >= 0.6 is 0 Å². The van der Waals surface area contributed by atoms with Gasteiger partial charge in [0.15, 0.2) is 6.10 Å². The molecule has 0 saturated heterocycles. The molecule has 1 amide bonds. The molecule has 1 unspecified atom stereocenters. The van der Waals surface area contributed by atoms with Gasteiger partial charge in [-0.1, -0.05) is 0 Å². The van der Waals surface area contributed by atoms with Crippen LogP contribution in [0.3, 0.4) is 0 Å². The van der Waals surface area contributed by atoms with Gasteiger partial charge in [-0.15, -0.1) is 0 Å². The smallest absolute Gasteiger partial charge is 0.265 e. The molecule has 102 valence electrons. The lowest BCUT2D eigenvalue weighted by Crippen LogP contribution is -2.37. The van der Waals surface area contributed by atoms with Crippen molar-refractivity contribution in [3.63, 3.8) is 0 Å². The molecular weight excluding hydrogens is 242 g/mol. The van der Waals surface area contributed by atoms with Crippen LogP contribution < -0.4 is 20.7 Å². The van der Waals surface area contributed by atoms with Gasteiger partial charge in [-0.25, -0.2) is 0 Å². The number of nitrogens with zero attached hydrogens (tertiary/aromatic N) is 1. The second-order valence-electron chi connectivity index (χ2n) is 5.65. The molecule has 19 heavy (non-hydrogen) atoms. The standard InChI is InChI=1S/C14H19N3O2/c1-9-13(18)16-11-7-10(3-4-12(11)19-9)17(2)8-14(15)5-6-14/h3-4,7,9H,5-6,8,15H2,1-2H3,(H,16,18). The first-order valence-corrected chi connectivity index (χ1v) is 6.58. The number of ether oxygens (including phenoxy) is 1. The predicted molar refractivity (Wildman–Crippen MR) is 74.6 cm³/mol. The summed E-state index contributed by atoms with van der Waals surface area (Å²) < 4.78 is 5.54. The minimum Gasteiger partial charge on any atom is -0.479 e. The molecule has 2 aliphatic rings. The van der Waals surface area contributed by atoms with Crippen molar-refractivity contribution in [3.05, 3.63) is 18.2 Å². The van der Waals surface area contributed by atoms with Gasteiger partial charge in [0.25, 0.3) is 5.91 Å². The molecule has 1 heterocycles. The SMILES string of the molecule is CC1Oc2ccc(N(C)CC3(N)CC3)cc2NC1=O. The highest BCUT2D eigenvalue weighted by molar-refractivity contribution is 5.98. The molecule has 1 aromatic carbocycles. The van der Waals surface area contributed by atoms with E-state index in [1.54, 1.807) is 6.92 Å². The number of anilines is 2. The Kier molecular flexibility index (Phi) is 2.67. The first kappa shape index (κ1) is 12.3. The van der Waals surface area contributed by atoms with E-state index < -0.39 is 6.10 Å². The van der Waals surface area contributed by atoms with Crippen molar-refractivity contribution in [2.45, 2.75) is 31.4 Å². The Labute approximate surface area is 112 Å². The largest absolute Gasteiger partial charge is 0.479 e. The first-order chi connectivity index (χ1) is 8.97. The molecule has 1 fully saturated rings. The van der Waals surface area contributed by atoms with Crippen molar-refractivity contribution in [1.82, 2.24) is 0 Å². The summed E-state index contributed by atoms with van der Waals surface area (Å²) in [6.45, 7) is 2.57. The topological polar surface area (TPSA) is 67.6 Å². The number of hydrogen-bond acceptors (Lipinski definition) is 4. The molecule has 0 radical (unpaired) electrons. The number of carbonyl (C=O) groups is 1. The summed E-state index contributed by atoms with van der Waals surface area (Å²) in [5.41, 5.74) is 7.86. The van der Waals surface area contributed by atoms with Crippen LogP contribution in [0.2, 0.25) is 0 Å². The highest BCUT2D eigenvalue weighted by Gasteiger charge is 2.39. The van der Waals surface area contributed by atoms with Crippen LogP contribution in [0.4, 0.5) is 11.4 Å². The van der Waals surface area contributed by atoms with Crippen molar-refractivity contribution in [1.29, 1.82) is 0 Å². The summed E-state index contributed by atoms with van der Waals surface area (Å²) in [7, 11) is 2.02. The lowest BCUT2D eigenvalue weighted by molar-refractivity contribution is -0.122. The number of fused-ring (bicyclic) bond motifs is 1. The third-order valence-electron chi connectivity index (χ3n) is 3.78. The average Bonchev–Trinajstić information content (AvgIpc) is 3.07. The molecule has 1 saturated carbocycles. The fraction of sp³-hybridized carbons (Fsp3) is 0.500. The average molecular weight is 261 g/mol. The number of benzene rings is 1. The second-order valence-corrected chi connectivity index (χ2v) is 5.65. The van der Waals surface area contributed by atoms with Crippen LogP contribution in [-0.2, 0) is 4.79 Å². The van der Waals surface area contributed by atoms with Crippen LogP contribution in [0.1, 0.15) is 19.8 Å². The molecule has 0 aromatic heterocycles. The first-order valence-electron chi connectivity index (χ1n) is 6.58. The Morgan fingerprint density at radius 2 is 2.26 bits per heavy atom. The number of likely N-dealkylation sites (N-methyl/N-ethyl adjacent to an activating group) is 1. The van der Waals surface area contributed by atoms with Crippen LogP contribution in [0.25, 0.3) is 0 Å². The van der Waals surface area contributed by atoms with Gasteiger partial charge in [0.2, 0.25) is 0 Å². The van der Waals surface area contributed by atoms with Gasteiger partial charge in [0.05, 0.1) is 5.69 Å². The van der Waals surface area contributed by atoms with Gasteiger partial charge < -0.3 is 20.7 Å². The molecule has 1 aliphatic carbocycles. The maximum atomic E-state index is 11.6. The maximum Gasteiger partial charge on any atom is 0.265 e. The van der Waals surface area contributed by atoms with E-state index >= 15 is 0 Å². The second kappa shape index (κ2) is 4.13. The quantitative estimate of drug-likeness (QED) is 0.861. The zero-order valence-corrected chi connectivity index (χ0v) is 11.3. The molecule has 1 atom stereocenters. The van der Waals surface area contributed by atoms with E-state index in [1.807, 2.05) is 25.2 Å². The van der Waals surface area contributed by atoms with Crippen molar-refractivity contribution in [3.8, 4) is 5.75 Å². The number of hydrogen-bond donors (Lipinski definition) is 2. The number of nitrogens with one attached hydrogen (secondary N) is 1. The summed E-state index contributed by atoms with van der Waals surface area (Å²) in [6, 6.07) is 5.83. The minimum absolute atomic E-state index is 0.0289. The number of carbonyl (C=O) groups excluding carboxylic acids is 1. The van der Waals surface area contributed by atoms with Crippen molar-refractivity contribution in [2.75, 3.05) is 23.8 Å². The van der Waals surface area contributed by atoms with Gasteiger partial charge in [-0.05, 0) is 38.0 Å². The van der Waals surface area contributed by atoms with E-state index in [-0.39, 0.29) is 11.4 Å². The third-order valence-corrected chi connectivity index (χ3v) is 3.78. The van der Waals surface area contributed by atoms with Gasteiger partial charge in [-0.2, -0.15) is 0 Å². The van der Waals surface area contributed by atoms with Crippen molar-refractivity contribution in [2.24, 2.45) is 5.73 Å². The lowest BCUT2D eigenvalue weighted by atomic mass is 10.2. The Balaban J connectivity index is 1.81. The Morgan fingerprint density at radius 1 is 1.53 bits per heavy atom. The van der Waals surface area contributed by atoms with Crippen LogP contribution in [0, 0.1) is 0 Å². The van der Waals surface area contributed by atoms with E-state index in [9.17, 15) is 4.79 Å². The van der Waals surface area contributed by atoms with Gasteiger partial charge in [0, 0.05) is 24.8 Å². The highest BCUT2D eigenvalue weighted by atomic mass is 16.5. The molecule has 3 rings (SSSR count). The van der Waals surface area contributed by atoms with Gasteiger partial charge in [0.1, 0.15) is 5.75 Å². The van der Waals surface area contributed by atoms with E-state index in [0.29, 0.717) is 0 Å². The van der Waals surface area contributed by atoms with Gasteiger partial charge >= 0.3 is 0 Å². The molecule has 3 N–H and O–H groups in total. The number of amides is 1. The Morgan fingerprint density at radius 3 is 2.95 bits per heavy atom. The van der Waals surface area contributed by atoms with E-state index in [0.717, 1.165) is 36.5 Å². The zero-order chi connectivity index (χ0) is 13.6. The summed E-state index contributed by atoms with van der Waals surface area (Å²) in [6.07, 6.45) is 1.73. The summed E-state index contributed by atoms with van der Waals surface area (Å²) in [4.78, 5) is 13.7. The molecule has 1 aliphatic heterocycles. The maximum absolute atomic E-state index is 11.6. The molecule has 0 spiro atoms. The number of rotatable bonds is 3.